The molecule has 1 unspecified atom stereocenters. The molecule has 208 valence electrons. The fraction of sp³-hybridized carbons (Fsp3) is 0.214. The van der Waals surface area contributed by atoms with E-state index in [0.29, 0.717) is 27.2 Å². The summed E-state index contributed by atoms with van der Waals surface area (Å²) in [6, 6.07) is 15.9. The topological polar surface area (TPSA) is 129 Å². The molecule has 0 aliphatic rings. The van der Waals surface area contributed by atoms with E-state index in [0.717, 1.165) is 18.1 Å². The largest absolute Gasteiger partial charge is 0.485 e. The van der Waals surface area contributed by atoms with E-state index < -0.39 is 30.3 Å². The molecule has 0 radical (unpaired) electrons. The Labute approximate surface area is 239 Å². The minimum Gasteiger partial charge on any atom is -0.485 e. The molecule has 1 heterocycles. The van der Waals surface area contributed by atoms with E-state index in [2.05, 4.69) is 20.0 Å². The summed E-state index contributed by atoms with van der Waals surface area (Å²) in [6.07, 6.45) is -0.397. The molecule has 0 fully saturated rings. The molecule has 0 aliphatic carbocycles. The quantitative estimate of drug-likeness (QED) is 0.239. The number of rotatable bonds is 11. The Balaban J connectivity index is 1.57. The maximum absolute atomic E-state index is 13.0. The molecule has 1 atom stereocenters. The summed E-state index contributed by atoms with van der Waals surface area (Å²) in [5, 5.41) is 3.39. The summed E-state index contributed by atoms with van der Waals surface area (Å²) in [4.78, 5) is 44.6. The number of benzene rings is 3. The molecule has 0 bridgehead atoms. The zero-order chi connectivity index (χ0) is 28.6. The van der Waals surface area contributed by atoms with Crippen LogP contribution in [0, 0.1) is 0 Å². The number of fused-ring (bicyclic) bond motifs is 1. The second-order valence-corrected chi connectivity index (χ2v) is 9.35. The average Bonchev–Trinajstić information content (AvgIpc) is 3.38. The number of para-hydroxylation sites is 2. The number of aromatic amines is 1. The lowest BCUT2D eigenvalue weighted by atomic mass is 10.1. The van der Waals surface area contributed by atoms with E-state index in [1.54, 1.807) is 24.3 Å². The molecule has 3 aromatic carbocycles. The van der Waals surface area contributed by atoms with Gasteiger partial charge in [0.25, 0.3) is 5.91 Å². The first-order valence-electron chi connectivity index (χ1n) is 12.0. The maximum Gasteiger partial charge on any atom is 0.328 e. The molecule has 0 aliphatic heterocycles. The molecule has 0 saturated carbocycles. The van der Waals surface area contributed by atoms with E-state index in [9.17, 15) is 14.4 Å². The molecule has 1 aromatic heterocycles. The second-order valence-electron chi connectivity index (χ2n) is 8.50. The number of halogens is 2. The SMILES string of the molecule is COC(=O)CC(NC(=O)c1ccc(OCc2nc3ccccc3[nH]2)c(OCc2ccc(Cl)cc2Cl)c1)C(=O)OC. The lowest BCUT2D eigenvalue weighted by Gasteiger charge is -2.17. The molecule has 0 saturated heterocycles. The van der Waals surface area contributed by atoms with Crippen molar-refractivity contribution >= 4 is 52.1 Å². The number of aromatic nitrogens is 2. The summed E-state index contributed by atoms with van der Waals surface area (Å²) in [7, 11) is 2.33. The van der Waals surface area contributed by atoms with Crippen LogP contribution in [-0.4, -0.2) is 48.1 Å². The number of carbonyl (C=O) groups is 3. The lowest BCUT2D eigenvalue weighted by Crippen LogP contribution is -2.43. The predicted molar refractivity (Wildman–Crippen MR) is 148 cm³/mol. The number of hydrogen-bond acceptors (Lipinski definition) is 8. The van der Waals surface area contributed by atoms with Gasteiger partial charge in [-0.3, -0.25) is 9.59 Å². The van der Waals surface area contributed by atoms with E-state index in [1.807, 2.05) is 24.3 Å². The van der Waals surface area contributed by atoms with Gasteiger partial charge in [-0.05, 0) is 42.5 Å². The van der Waals surface area contributed by atoms with E-state index >= 15 is 0 Å². The Morgan fingerprint density at radius 2 is 1.70 bits per heavy atom. The smallest absolute Gasteiger partial charge is 0.328 e. The number of amides is 1. The average molecular weight is 586 g/mol. The highest BCUT2D eigenvalue weighted by Gasteiger charge is 2.26. The van der Waals surface area contributed by atoms with Crippen LogP contribution in [0.2, 0.25) is 10.0 Å². The summed E-state index contributed by atoms with van der Waals surface area (Å²) >= 11 is 12.3. The van der Waals surface area contributed by atoms with Crippen LogP contribution in [-0.2, 0) is 32.3 Å². The van der Waals surface area contributed by atoms with Crippen molar-refractivity contribution in [3.63, 3.8) is 0 Å². The number of nitrogens with one attached hydrogen (secondary N) is 2. The zero-order valence-corrected chi connectivity index (χ0v) is 23.0. The molecule has 40 heavy (non-hydrogen) atoms. The van der Waals surface area contributed by atoms with E-state index in [-0.39, 0.29) is 24.5 Å². The first-order chi connectivity index (χ1) is 19.3. The number of hydrogen-bond donors (Lipinski definition) is 2. The molecule has 2 N–H and O–H groups in total. The van der Waals surface area contributed by atoms with Gasteiger partial charge in [0.2, 0.25) is 0 Å². The van der Waals surface area contributed by atoms with Crippen LogP contribution in [0.3, 0.4) is 0 Å². The van der Waals surface area contributed by atoms with Crippen molar-refractivity contribution in [3.05, 3.63) is 87.7 Å². The third kappa shape index (κ3) is 7.22. The predicted octanol–water partition coefficient (Wildman–Crippen LogP) is 4.86. The number of H-pyrrole nitrogens is 1. The van der Waals surface area contributed by atoms with Crippen molar-refractivity contribution in [3.8, 4) is 11.5 Å². The highest BCUT2D eigenvalue weighted by atomic mass is 35.5. The Morgan fingerprint density at radius 3 is 2.42 bits per heavy atom. The van der Waals surface area contributed by atoms with Gasteiger partial charge in [0.15, 0.2) is 11.5 Å². The summed E-state index contributed by atoms with van der Waals surface area (Å²) in [6.45, 7) is 0.150. The molecule has 12 heteroatoms. The second kappa shape index (κ2) is 13.2. The molecule has 1 amide bonds. The van der Waals surface area contributed by atoms with Gasteiger partial charge in [0, 0.05) is 21.2 Å². The van der Waals surface area contributed by atoms with Crippen LogP contribution >= 0.6 is 23.2 Å². The van der Waals surface area contributed by atoms with Crippen LogP contribution in [0.1, 0.15) is 28.2 Å². The fourth-order valence-corrected chi connectivity index (χ4v) is 4.19. The number of carbonyl (C=O) groups excluding carboxylic acids is 3. The monoisotopic (exact) mass is 585 g/mol. The molecule has 10 nitrogen and oxygen atoms in total. The Kier molecular flexibility index (Phi) is 9.47. The highest BCUT2D eigenvalue weighted by Crippen LogP contribution is 2.31. The van der Waals surface area contributed by atoms with Gasteiger partial charge in [-0.1, -0.05) is 41.4 Å². The van der Waals surface area contributed by atoms with Gasteiger partial charge in [0.05, 0.1) is 31.7 Å². The maximum atomic E-state index is 13.0. The van der Waals surface area contributed by atoms with Crippen LogP contribution < -0.4 is 14.8 Å². The number of imidazole rings is 1. The third-order valence-corrected chi connectivity index (χ3v) is 6.38. The summed E-state index contributed by atoms with van der Waals surface area (Å²) in [5.74, 6) is -0.957. The minimum absolute atomic E-state index is 0.0508. The third-order valence-electron chi connectivity index (χ3n) is 5.80. The van der Waals surface area contributed by atoms with Crippen molar-refractivity contribution in [2.24, 2.45) is 0 Å². The van der Waals surface area contributed by atoms with Gasteiger partial charge in [-0.25, -0.2) is 9.78 Å². The van der Waals surface area contributed by atoms with Crippen LogP contribution in [0.5, 0.6) is 11.5 Å². The van der Waals surface area contributed by atoms with Crippen molar-refractivity contribution in [1.29, 1.82) is 0 Å². The Morgan fingerprint density at radius 1 is 0.925 bits per heavy atom. The molecule has 0 spiro atoms. The van der Waals surface area contributed by atoms with Crippen molar-refractivity contribution in [1.82, 2.24) is 15.3 Å². The van der Waals surface area contributed by atoms with Gasteiger partial charge < -0.3 is 29.2 Å². The fourth-order valence-electron chi connectivity index (χ4n) is 3.72. The van der Waals surface area contributed by atoms with E-state index in [1.165, 1.54) is 19.2 Å². The van der Waals surface area contributed by atoms with E-state index in [4.69, 9.17) is 37.4 Å². The van der Waals surface area contributed by atoms with Gasteiger partial charge >= 0.3 is 11.9 Å². The standard InChI is InChI=1S/C28H25Cl2N3O7/c1-37-26(34)13-22(28(36)38-2)33-27(35)16-8-10-23(40-15-25-31-20-5-3-4-6-21(20)32-25)24(11-16)39-14-17-7-9-18(29)12-19(17)30/h3-12,22H,13-15H2,1-2H3,(H,31,32)(H,33,35). The number of ether oxygens (including phenoxy) is 4. The van der Waals surface area contributed by atoms with Gasteiger partial charge in [-0.15, -0.1) is 0 Å². The lowest BCUT2D eigenvalue weighted by molar-refractivity contribution is -0.149. The Hall–Kier alpha value is -4.28. The minimum atomic E-state index is -1.24. The number of esters is 2. The van der Waals surface area contributed by atoms with Crippen LogP contribution in [0.15, 0.2) is 60.7 Å². The molecular formula is C28H25Cl2N3O7. The first-order valence-corrected chi connectivity index (χ1v) is 12.8. The highest BCUT2D eigenvalue weighted by molar-refractivity contribution is 6.35. The number of nitrogens with zero attached hydrogens (tertiary/aromatic N) is 1. The molecule has 4 rings (SSSR count). The zero-order valence-electron chi connectivity index (χ0n) is 21.5. The van der Waals surface area contributed by atoms with Crippen molar-refractivity contribution in [2.75, 3.05) is 14.2 Å². The van der Waals surface area contributed by atoms with Crippen molar-refractivity contribution < 1.29 is 33.3 Å². The molecular weight excluding hydrogens is 561 g/mol. The van der Waals surface area contributed by atoms with Crippen LogP contribution in [0.4, 0.5) is 0 Å². The van der Waals surface area contributed by atoms with Gasteiger partial charge in [0.1, 0.15) is 25.1 Å². The normalized spacial score (nSPS) is 11.5. The molecule has 4 aromatic rings. The summed E-state index contributed by atoms with van der Waals surface area (Å²) in [5.41, 5.74) is 2.48. The first kappa shape index (κ1) is 28.7. The van der Waals surface area contributed by atoms with Crippen molar-refractivity contribution in [2.45, 2.75) is 25.7 Å². The number of methoxy groups -OCH3 is 2. The van der Waals surface area contributed by atoms with Gasteiger partial charge in [-0.2, -0.15) is 0 Å². The van der Waals surface area contributed by atoms with Crippen LogP contribution in [0.25, 0.3) is 11.0 Å². The summed E-state index contributed by atoms with van der Waals surface area (Å²) < 4.78 is 21.3. The Bertz CT molecular complexity index is 1510.